The minimum atomic E-state index is -0.213. The zero-order valence-electron chi connectivity index (χ0n) is 17.6. The average molecular weight is 395 g/mol. The van der Waals surface area contributed by atoms with E-state index in [4.69, 9.17) is 0 Å². The highest BCUT2D eigenvalue weighted by atomic mass is 16.2. The quantitative estimate of drug-likeness (QED) is 0.374. The van der Waals surface area contributed by atoms with E-state index in [1.807, 2.05) is 0 Å². The van der Waals surface area contributed by atoms with Crippen molar-refractivity contribution in [2.75, 3.05) is 39.3 Å². The summed E-state index contributed by atoms with van der Waals surface area (Å²) in [5.41, 5.74) is 7.31. The monoisotopic (exact) mass is 394 g/mol. The number of hydrazone groups is 2. The zero-order valence-corrected chi connectivity index (χ0v) is 17.6. The highest BCUT2D eigenvalue weighted by Crippen LogP contribution is 1.97. The molecule has 158 valence electrons. The number of hydrogen-bond donors (Lipinski definition) is 4. The van der Waals surface area contributed by atoms with Crippen LogP contribution in [0, 0.1) is 0 Å². The Kier molecular flexibility index (Phi) is 10.1. The third kappa shape index (κ3) is 8.48. The highest BCUT2D eigenvalue weighted by molar-refractivity contribution is 5.89. The van der Waals surface area contributed by atoms with Crippen molar-refractivity contribution in [3.8, 4) is 0 Å². The van der Waals surface area contributed by atoms with Crippen LogP contribution in [-0.4, -0.2) is 62.5 Å². The topological polar surface area (TPSA) is 91.8 Å². The molecule has 2 amide bonds. The summed E-state index contributed by atoms with van der Waals surface area (Å²) in [7, 11) is 0. The van der Waals surface area contributed by atoms with Crippen LogP contribution in [0.1, 0.15) is 65.2 Å². The van der Waals surface area contributed by atoms with E-state index >= 15 is 0 Å². The fraction of sp³-hybridized carbons (Fsp3) is 0.800. The largest absolute Gasteiger partial charge is 0.334 e. The van der Waals surface area contributed by atoms with Crippen molar-refractivity contribution in [2.24, 2.45) is 10.2 Å². The minimum Gasteiger partial charge on any atom is -0.334 e. The zero-order chi connectivity index (χ0) is 20.2. The molecule has 2 heterocycles. The van der Waals surface area contributed by atoms with Gasteiger partial charge in [-0.1, -0.05) is 13.8 Å². The molecule has 2 rings (SSSR count). The Morgan fingerprint density at radius 1 is 0.750 bits per heavy atom. The molecular weight excluding hydrogens is 356 g/mol. The molecule has 28 heavy (non-hydrogen) atoms. The Hall–Kier alpha value is -1.80. The van der Waals surface area contributed by atoms with Gasteiger partial charge in [-0.05, 0) is 12.8 Å². The van der Waals surface area contributed by atoms with Crippen LogP contribution in [0.25, 0.3) is 0 Å². The Labute approximate surface area is 168 Å². The van der Waals surface area contributed by atoms with Crippen molar-refractivity contribution < 1.29 is 19.4 Å². The molecule has 0 aromatic rings. The van der Waals surface area contributed by atoms with Gasteiger partial charge in [-0.2, -0.15) is 10.2 Å². The molecule has 0 aromatic carbocycles. The summed E-state index contributed by atoms with van der Waals surface area (Å²) in [5.74, 6) is -0.426. The lowest BCUT2D eigenvalue weighted by Gasteiger charge is -2.24. The van der Waals surface area contributed by atoms with Gasteiger partial charge in [-0.25, -0.2) is 10.9 Å². The van der Waals surface area contributed by atoms with Crippen molar-refractivity contribution >= 4 is 23.2 Å². The third-order valence-electron chi connectivity index (χ3n) is 5.53. The smallest absolute Gasteiger partial charge is 0.240 e. The van der Waals surface area contributed by atoms with Crippen LogP contribution in [0.2, 0.25) is 0 Å². The van der Waals surface area contributed by atoms with Gasteiger partial charge in [-0.3, -0.25) is 9.59 Å². The van der Waals surface area contributed by atoms with Gasteiger partial charge < -0.3 is 9.80 Å². The summed E-state index contributed by atoms with van der Waals surface area (Å²) in [5, 5.41) is 8.48. The SMILES string of the molecule is CCC[NH+]1CCC(=NNC(=O)CCC(=O)NN=C2CC[NH+](CCC)CC2)CC1. The van der Waals surface area contributed by atoms with E-state index in [0.29, 0.717) is 0 Å². The highest BCUT2D eigenvalue weighted by Gasteiger charge is 2.18. The van der Waals surface area contributed by atoms with Crippen molar-refractivity contribution in [2.45, 2.75) is 65.2 Å². The predicted octanol–water partition coefficient (Wildman–Crippen LogP) is -1.11. The molecule has 0 unspecified atom stereocenters. The minimum absolute atomic E-state index is 0.134. The predicted molar refractivity (Wildman–Crippen MR) is 111 cm³/mol. The Balaban J connectivity index is 1.59. The van der Waals surface area contributed by atoms with Gasteiger partial charge in [0.1, 0.15) is 0 Å². The second-order valence-corrected chi connectivity index (χ2v) is 7.93. The first kappa shape index (κ1) is 22.5. The maximum absolute atomic E-state index is 11.9. The van der Waals surface area contributed by atoms with Crippen molar-refractivity contribution in [3.63, 3.8) is 0 Å². The van der Waals surface area contributed by atoms with Crippen LogP contribution in [0.3, 0.4) is 0 Å². The number of nitrogens with zero attached hydrogens (tertiary/aromatic N) is 2. The van der Waals surface area contributed by atoms with Gasteiger partial charge in [0.2, 0.25) is 11.8 Å². The molecule has 2 aliphatic heterocycles. The molecule has 0 aromatic heterocycles. The first-order valence-corrected chi connectivity index (χ1v) is 11.0. The number of piperidine rings is 2. The van der Waals surface area contributed by atoms with E-state index in [-0.39, 0.29) is 24.7 Å². The van der Waals surface area contributed by atoms with E-state index in [1.54, 1.807) is 9.80 Å². The van der Waals surface area contributed by atoms with E-state index < -0.39 is 0 Å². The molecule has 2 fully saturated rings. The lowest BCUT2D eigenvalue weighted by atomic mass is 10.1. The molecule has 4 N–H and O–H groups in total. The van der Waals surface area contributed by atoms with E-state index in [9.17, 15) is 9.59 Å². The normalized spacial score (nSPS) is 22.5. The number of carbonyl (C=O) groups excluding carboxylic acids is 2. The molecule has 2 saturated heterocycles. The molecule has 0 radical (unpaired) electrons. The van der Waals surface area contributed by atoms with Crippen molar-refractivity contribution in [1.29, 1.82) is 0 Å². The summed E-state index contributed by atoms with van der Waals surface area (Å²) in [4.78, 5) is 27.1. The molecule has 0 aliphatic carbocycles. The van der Waals surface area contributed by atoms with Crippen LogP contribution >= 0.6 is 0 Å². The molecule has 0 spiro atoms. The third-order valence-corrected chi connectivity index (χ3v) is 5.53. The molecule has 0 atom stereocenters. The lowest BCUT2D eigenvalue weighted by molar-refractivity contribution is -0.901. The summed E-state index contributed by atoms with van der Waals surface area (Å²) in [6.45, 7) is 11.2. The van der Waals surface area contributed by atoms with Crippen LogP contribution < -0.4 is 20.7 Å². The average Bonchev–Trinajstić information content (AvgIpc) is 2.71. The van der Waals surface area contributed by atoms with Crippen molar-refractivity contribution in [1.82, 2.24) is 10.9 Å². The fourth-order valence-electron chi connectivity index (χ4n) is 3.84. The van der Waals surface area contributed by atoms with Gasteiger partial charge in [0.15, 0.2) is 0 Å². The van der Waals surface area contributed by atoms with E-state index in [0.717, 1.165) is 63.3 Å². The van der Waals surface area contributed by atoms with E-state index in [2.05, 4.69) is 34.9 Å². The molecule has 8 heteroatoms. The van der Waals surface area contributed by atoms with Crippen LogP contribution in [0.4, 0.5) is 0 Å². The van der Waals surface area contributed by atoms with E-state index in [1.165, 1.54) is 25.9 Å². The number of hydrogen-bond acceptors (Lipinski definition) is 4. The molecular formula is C20H38N6O2+2. The van der Waals surface area contributed by atoms with Gasteiger partial charge in [0.05, 0.1) is 39.3 Å². The van der Waals surface area contributed by atoms with Gasteiger partial charge in [-0.15, -0.1) is 0 Å². The lowest BCUT2D eigenvalue weighted by Crippen LogP contribution is -3.13. The van der Waals surface area contributed by atoms with Crippen LogP contribution in [0.15, 0.2) is 10.2 Å². The van der Waals surface area contributed by atoms with Crippen LogP contribution in [-0.2, 0) is 9.59 Å². The Bertz CT molecular complexity index is 505. The van der Waals surface area contributed by atoms with Crippen LogP contribution in [0.5, 0.6) is 0 Å². The number of quaternary nitrogens is 2. The van der Waals surface area contributed by atoms with Gasteiger partial charge in [0.25, 0.3) is 0 Å². The summed E-state index contributed by atoms with van der Waals surface area (Å²) >= 11 is 0. The molecule has 2 aliphatic rings. The van der Waals surface area contributed by atoms with Crippen molar-refractivity contribution in [3.05, 3.63) is 0 Å². The maximum Gasteiger partial charge on any atom is 0.240 e. The van der Waals surface area contributed by atoms with Gasteiger partial charge >= 0.3 is 0 Å². The molecule has 8 nitrogen and oxygen atoms in total. The standard InChI is InChI=1S/C20H36N6O2/c1-3-11-25-13-7-17(8-14-25)21-23-19(27)5-6-20(28)24-22-18-9-15-26(12-4-2)16-10-18/h3-16H2,1-2H3,(H,23,27)(H,24,28)/p+2. The second kappa shape index (κ2) is 12.6. The summed E-state index contributed by atoms with van der Waals surface area (Å²) < 4.78 is 0. The fourth-order valence-corrected chi connectivity index (χ4v) is 3.84. The summed E-state index contributed by atoms with van der Waals surface area (Å²) in [6, 6.07) is 0. The number of nitrogens with one attached hydrogen (secondary N) is 4. The number of carbonyl (C=O) groups is 2. The Morgan fingerprint density at radius 2 is 1.11 bits per heavy atom. The maximum atomic E-state index is 11.9. The Morgan fingerprint density at radius 3 is 1.43 bits per heavy atom. The number of likely N-dealkylation sites (tertiary alicyclic amines) is 2. The number of rotatable bonds is 9. The summed E-state index contributed by atoms with van der Waals surface area (Å²) in [6.07, 6.45) is 6.41. The molecule has 0 bridgehead atoms. The molecule has 0 saturated carbocycles. The second-order valence-electron chi connectivity index (χ2n) is 7.93. The first-order chi connectivity index (χ1) is 13.6. The first-order valence-electron chi connectivity index (χ1n) is 11.0. The number of amides is 2. The van der Waals surface area contributed by atoms with Gasteiger partial charge in [0, 0.05) is 49.9 Å².